The van der Waals surface area contributed by atoms with Crippen LogP contribution in [0.4, 0.5) is 4.39 Å². The van der Waals surface area contributed by atoms with Gasteiger partial charge in [0.2, 0.25) is 0 Å². The van der Waals surface area contributed by atoms with Gasteiger partial charge >= 0.3 is 5.97 Å². The highest BCUT2D eigenvalue weighted by Crippen LogP contribution is 2.35. The molecule has 16 heavy (non-hydrogen) atoms. The van der Waals surface area contributed by atoms with Crippen LogP contribution in [0.5, 0.6) is 0 Å². The van der Waals surface area contributed by atoms with E-state index in [-0.39, 0.29) is 17.9 Å². The Morgan fingerprint density at radius 1 is 1.38 bits per heavy atom. The first-order valence-electron chi connectivity index (χ1n) is 5.49. The molecule has 0 bridgehead atoms. The minimum Gasteiger partial charge on any atom is -0.462 e. The van der Waals surface area contributed by atoms with E-state index in [0.29, 0.717) is 0 Å². The largest absolute Gasteiger partial charge is 0.462 e. The summed E-state index contributed by atoms with van der Waals surface area (Å²) in [4.78, 5) is 11.9. The second-order valence-corrected chi connectivity index (χ2v) is 4.59. The van der Waals surface area contributed by atoms with Crippen LogP contribution >= 0.6 is 0 Å². The zero-order chi connectivity index (χ0) is 11.8. The fourth-order valence-corrected chi connectivity index (χ4v) is 2.05. The molecule has 2 atom stereocenters. The number of carbonyl (C=O) groups is 1. The Hall–Kier alpha value is -1.38. The summed E-state index contributed by atoms with van der Waals surface area (Å²) in [7, 11) is 0. The van der Waals surface area contributed by atoms with Crippen molar-refractivity contribution >= 4 is 5.97 Å². The molecule has 1 aliphatic heterocycles. The van der Waals surface area contributed by atoms with Crippen LogP contribution in [0.15, 0.2) is 24.3 Å². The third-order valence-corrected chi connectivity index (χ3v) is 3.29. The lowest BCUT2D eigenvalue weighted by molar-refractivity contribution is -0.161. The van der Waals surface area contributed by atoms with Crippen molar-refractivity contribution in [3.8, 4) is 0 Å². The number of esters is 1. The molecule has 1 aromatic carbocycles. The van der Waals surface area contributed by atoms with Crippen LogP contribution in [0.25, 0.3) is 0 Å². The maximum Gasteiger partial charge on any atom is 0.316 e. The molecule has 1 heterocycles. The second kappa shape index (κ2) is 3.89. The summed E-state index contributed by atoms with van der Waals surface area (Å²) in [6.45, 7) is 3.75. The molecule has 1 fully saturated rings. The van der Waals surface area contributed by atoms with E-state index in [1.54, 1.807) is 12.1 Å². The Balaban J connectivity index is 2.31. The van der Waals surface area contributed by atoms with E-state index in [2.05, 4.69) is 0 Å². The third kappa shape index (κ3) is 1.82. The number of cyclic esters (lactones) is 1. The van der Waals surface area contributed by atoms with Crippen LogP contribution in [0.3, 0.4) is 0 Å². The summed E-state index contributed by atoms with van der Waals surface area (Å²) < 4.78 is 18.1. The van der Waals surface area contributed by atoms with Crippen molar-refractivity contribution in [2.75, 3.05) is 0 Å². The highest BCUT2D eigenvalue weighted by molar-refractivity contribution is 5.83. The fraction of sp³-hybridized carbons (Fsp3) is 0.462. The smallest absolute Gasteiger partial charge is 0.316 e. The van der Waals surface area contributed by atoms with Crippen molar-refractivity contribution in [3.63, 3.8) is 0 Å². The van der Waals surface area contributed by atoms with Gasteiger partial charge in [0.1, 0.15) is 5.82 Å². The first-order valence-corrected chi connectivity index (χ1v) is 5.49. The Morgan fingerprint density at radius 3 is 2.56 bits per heavy atom. The second-order valence-electron chi connectivity index (χ2n) is 4.59. The Bertz CT molecular complexity index is 399. The molecule has 1 saturated heterocycles. The van der Waals surface area contributed by atoms with Crippen LogP contribution in [-0.4, -0.2) is 12.1 Å². The van der Waals surface area contributed by atoms with Crippen molar-refractivity contribution < 1.29 is 13.9 Å². The topological polar surface area (TPSA) is 26.3 Å². The van der Waals surface area contributed by atoms with Crippen molar-refractivity contribution in [2.45, 2.75) is 38.2 Å². The monoisotopic (exact) mass is 222 g/mol. The van der Waals surface area contributed by atoms with Gasteiger partial charge in [-0.2, -0.15) is 0 Å². The summed E-state index contributed by atoms with van der Waals surface area (Å²) in [6, 6.07) is 6.08. The molecule has 2 rings (SSSR count). The van der Waals surface area contributed by atoms with Crippen molar-refractivity contribution in [1.82, 2.24) is 0 Å². The summed E-state index contributed by atoms with van der Waals surface area (Å²) in [6.07, 6.45) is 1.58. The molecule has 0 N–H and O–H groups in total. The summed E-state index contributed by atoms with van der Waals surface area (Å²) >= 11 is 0. The van der Waals surface area contributed by atoms with E-state index in [1.165, 1.54) is 12.1 Å². The fourth-order valence-electron chi connectivity index (χ4n) is 2.05. The van der Waals surface area contributed by atoms with Crippen molar-refractivity contribution in [1.29, 1.82) is 0 Å². The Labute approximate surface area is 94.4 Å². The van der Waals surface area contributed by atoms with Crippen LogP contribution in [-0.2, 0) is 14.9 Å². The standard InChI is InChI=1S/C13H15FO2/c1-9-7-8-13(2,12(15)16-9)10-3-5-11(14)6-4-10/h3-6,9H,7-8H2,1-2H3. The summed E-state index contributed by atoms with van der Waals surface area (Å²) in [5.74, 6) is -0.497. The Morgan fingerprint density at radius 2 is 2.00 bits per heavy atom. The number of hydrogen-bond acceptors (Lipinski definition) is 2. The molecule has 1 aliphatic rings. The van der Waals surface area contributed by atoms with E-state index in [1.807, 2.05) is 13.8 Å². The van der Waals surface area contributed by atoms with Gasteiger partial charge in [-0.1, -0.05) is 12.1 Å². The molecule has 0 aliphatic carbocycles. The molecule has 2 unspecified atom stereocenters. The maximum atomic E-state index is 12.8. The molecule has 0 aromatic heterocycles. The van der Waals surface area contributed by atoms with Gasteiger partial charge in [0, 0.05) is 0 Å². The molecule has 0 spiro atoms. The average Bonchev–Trinajstić information content (AvgIpc) is 2.25. The minimum atomic E-state index is -0.625. The first-order chi connectivity index (χ1) is 7.52. The molecule has 1 aromatic rings. The summed E-state index contributed by atoms with van der Waals surface area (Å²) in [5.41, 5.74) is 0.200. The predicted octanol–water partition coefficient (Wildman–Crippen LogP) is 2.81. The van der Waals surface area contributed by atoms with Gasteiger partial charge < -0.3 is 4.74 Å². The number of benzene rings is 1. The average molecular weight is 222 g/mol. The normalized spacial score (nSPS) is 29.9. The molecule has 2 nitrogen and oxygen atoms in total. The van der Waals surface area contributed by atoms with E-state index >= 15 is 0 Å². The maximum absolute atomic E-state index is 12.8. The van der Waals surface area contributed by atoms with Crippen LogP contribution < -0.4 is 0 Å². The zero-order valence-electron chi connectivity index (χ0n) is 9.50. The van der Waals surface area contributed by atoms with Crippen LogP contribution in [0, 0.1) is 5.82 Å². The van der Waals surface area contributed by atoms with E-state index in [4.69, 9.17) is 4.74 Å². The lowest BCUT2D eigenvalue weighted by Gasteiger charge is -2.34. The molecule has 3 heteroatoms. The number of halogens is 1. The number of hydrogen-bond donors (Lipinski definition) is 0. The number of ether oxygens (including phenoxy) is 1. The number of rotatable bonds is 1. The van der Waals surface area contributed by atoms with Gasteiger partial charge in [-0.05, 0) is 44.4 Å². The lowest BCUT2D eigenvalue weighted by Crippen LogP contribution is -2.41. The lowest BCUT2D eigenvalue weighted by atomic mass is 9.76. The van der Waals surface area contributed by atoms with Crippen molar-refractivity contribution in [3.05, 3.63) is 35.6 Å². The molecule has 86 valence electrons. The molecular weight excluding hydrogens is 207 g/mol. The van der Waals surface area contributed by atoms with Crippen molar-refractivity contribution in [2.24, 2.45) is 0 Å². The molecule has 0 saturated carbocycles. The molecule has 0 radical (unpaired) electrons. The van der Waals surface area contributed by atoms with Gasteiger partial charge in [-0.3, -0.25) is 4.79 Å². The van der Waals surface area contributed by atoms with E-state index in [9.17, 15) is 9.18 Å². The van der Waals surface area contributed by atoms with Gasteiger partial charge in [-0.15, -0.1) is 0 Å². The van der Waals surface area contributed by atoms with Crippen LogP contribution in [0.1, 0.15) is 32.3 Å². The van der Waals surface area contributed by atoms with Gasteiger partial charge in [0.05, 0.1) is 11.5 Å². The third-order valence-electron chi connectivity index (χ3n) is 3.29. The van der Waals surface area contributed by atoms with Gasteiger partial charge in [0.25, 0.3) is 0 Å². The summed E-state index contributed by atoms with van der Waals surface area (Å²) in [5, 5.41) is 0. The van der Waals surface area contributed by atoms with E-state index in [0.717, 1.165) is 18.4 Å². The SMILES string of the molecule is CC1CCC(C)(c2ccc(F)cc2)C(=O)O1. The predicted molar refractivity (Wildman–Crippen MR) is 58.5 cm³/mol. The molecule has 0 amide bonds. The highest BCUT2D eigenvalue weighted by Gasteiger charge is 2.41. The first kappa shape index (κ1) is 11.1. The van der Waals surface area contributed by atoms with E-state index < -0.39 is 5.41 Å². The van der Waals surface area contributed by atoms with Gasteiger partial charge in [0.15, 0.2) is 0 Å². The quantitative estimate of drug-likeness (QED) is 0.683. The Kier molecular flexibility index (Phi) is 2.70. The highest BCUT2D eigenvalue weighted by atomic mass is 19.1. The minimum absolute atomic E-state index is 0.0129. The van der Waals surface area contributed by atoms with Crippen LogP contribution in [0.2, 0.25) is 0 Å². The number of carbonyl (C=O) groups excluding carboxylic acids is 1. The molecular formula is C13H15FO2. The van der Waals surface area contributed by atoms with Gasteiger partial charge in [-0.25, -0.2) is 4.39 Å². The zero-order valence-corrected chi connectivity index (χ0v) is 9.50.